The molecular weight excluding hydrogens is 420 g/mol. The van der Waals surface area contributed by atoms with Gasteiger partial charge in [0.15, 0.2) is 17.0 Å². The molecule has 4 rings (SSSR count). The Bertz CT molecular complexity index is 936. The third-order valence-corrected chi connectivity index (χ3v) is 5.70. The first kappa shape index (κ1) is 19.1. The molecule has 0 amide bonds. The first-order chi connectivity index (χ1) is 13.6. The molecule has 0 bridgehead atoms. The van der Waals surface area contributed by atoms with E-state index in [1.807, 2.05) is 37.5 Å². The number of nitrogens with zero attached hydrogens (tertiary/aromatic N) is 4. The predicted octanol–water partition coefficient (Wildman–Crippen LogP) is 4.49. The minimum Gasteiger partial charge on any atom is -0.396 e. The number of imidazole rings is 1. The van der Waals surface area contributed by atoms with Crippen LogP contribution in [-0.4, -0.2) is 37.8 Å². The van der Waals surface area contributed by atoms with Crippen LogP contribution in [0.1, 0.15) is 38.6 Å². The lowest BCUT2D eigenvalue weighted by Gasteiger charge is -2.15. The van der Waals surface area contributed by atoms with E-state index in [9.17, 15) is 5.11 Å². The maximum absolute atomic E-state index is 9.30. The smallest absolute Gasteiger partial charge is 0.226 e. The van der Waals surface area contributed by atoms with E-state index in [1.54, 1.807) is 0 Å². The fourth-order valence-electron chi connectivity index (χ4n) is 3.53. The molecule has 1 aromatic carbocycles. The number of benzene rings is 1. The van der Waals surface area contributed by atoms with Crippen molar-refractivity contribution in [2.24, 2.45) is 5.92 Å². The summed E-state index contributed by atoms with van der Waals surface area (Å²) in [5.41, 5.74) is 2.56. The minimum absolute atomic E-state index is 0.124. The number of aromatic nitrogens is 4. The van der Waals surface area contributed by atoms with Crippen LogP contribution >= 0.6 is 15.9 Å². The average Bonchev–Trinajstić information content (AvgIpc) is 3.37. The normalized spacial score (nSPS) is 15.8. The van der Waals surface area contributed by atoms with E-state index in [2.05, 4.69) is 41.1 Å². The second-order valence-corrected chi connectivity index (χ2v) is 8.37. The van der Waals surface area contributed by atoms with Crippen molar-refractivity contribution in [1.29, 1.82) is 0 Å². The molecule has 3 N–H and O–H groups in total. The summed E-state index contributed by atoms with van der Waals surface area (Å²) < 4.78 is 3.22. The number of hydrogen-bond donors (Lipinski definition) is 3. The van der Waals surface area contributed by atoms with Gasteiger partial charge in [-0.15, -0.1) is 0 Å². The molecule has 0 saturated heterocycles. The molecule has 1 fully saturated rings. The maximum atomic E-state index is 9.30. The van der Waals surface area contributed by atoms with Gasteiger partial charge in [0.05, 0.1) is 6.33 Å². The van der Waals surface area contributed by atoms with Crippen molar-refractivity contribution in [3.63, 3.8) is 0 Å². The van der Waals surface area contributed by atoms with E-state index in [1.165, 1.54) is 12.8 Å². The number of aliphatic hydroxyl groups excluding tert-OH is 1. The molecule has 8 heteroatoms. The highest BCUT2D eigenvalue weighted by Gasteiger charge is 2.22. The molecule has 1 saturated carbocycles. The molecule has 7 nitrogen and oxygen atoms in total. The summed E-state index contributed by atoms with van der Waals surface area (Å²) in [6.07, 6.45) is 6.71. The number of aliphatic hydroxyl groups is 1. The molecule has 2 heterocycles. The van der Waals surface area contributed by atoms with Crippen molar-refractivity contribution in [1.82, 2.24) is 19.5 Å². The molecule has 3 aromatic rings. The third kappa shape index (κ3) is 4.12. The standard InChI is InChI=1S/C20H25BrN6O/c1-13(11-28)10-22-20-25-18(24-15-8-6-14(21)7-9-15)17-19(26-20)27(12-23-17)16-4-2-3-5-16/h6-9,12-13,16,28H,2-5,10-11H2,1H3,(H2,22,24,25,26)/t13-/m1/s1. The SMILES string of the molecule is C[C@@H](CO)CNc1nc(Nc2ccc(Br)cc2)c2ncn(C3CCCC3)c2n1. The van der Waals surface area contributed by atoms with E-state index in [4.69, 9.17) is 4.98 Å². The lowest BCUT2D eigenvalue weighted by molar-refractivity contribution is 0.244. The Morgan fingerprint density at radius 2 is 1.96 bits per heavy atom. The van der Waals surface area contributed by atoms with Crippen molar-refractivity contribution < 1.29 is 5.11 Å². The van der Waals surface area contributed by atoms with Crippen LogP contribution in [0.5, 0.6) is 0 Å². The van der Waals surface area contributed by atoms with Crippen molar-refractivity contribution in [2.45, 2.75) is 38.6 Å². The zero-order chi connectivity index (χ0) is 19.5. The molecule has 1 aliphatic rings. The first-order valence-electron chi connectivity index (χ1n) is 9.76. The topological polar surface area (TPSA) is 87.9 Å². The van der Waals surface area contributed by atoms with Crippen molar-refractivity contribution >= 4 is 44.5 Å². The highest BCUT2D eigenvalue weighted by molar-refractivity contribution is 9.10. The van der Waals surface area contributed by atoms with Gasteiger partial charge in [-0.05, 0) is 43.0 Å². The van der Waals surface area contributed by atoms with Crippen LogP contribution in [0.25, 0.3) is 11.2 Å². The van der Waals surface area contributed by atoms with Gasteiger partial charge in [-0.2, -0.15) is 9.97 Å². The van der Waals surface area contributed by atoms with Gasteiger partial charge in [-0.1, -0.05) is 35.7 Å². The lowest BCUT2D eigenvalue weighted by atomic mass is 10.2. The summed E-state index contributed by atoms with van der Waals surface area (Å²) in [7, 11) is 0. The van der Waals surface area contributed by atoms with E-state index in [-0.39, 0.29) is 12.5 Å². The van der Waals surface area contributed by atoms with E-state index in [0.717, 1.165) is 34.2 Å². The molecule has 148 valence electrons. The van der Waals surface area contributed by atoms with E-state index in [0.29, 0.717) is 24.4 Å². The van der Waals surface area contributed by atoms with Crippen molar-refractivity contribution in [3.8, 4) is 0 Å². The molecule has 1 aliphatic carbocycles. The average molecular weight is 445 g/mol. The quantitative estimate of drug-likeness (QED) is 0.497. The number of hydrogen-bond acceptors (Lipinski definition) is 6. The van der Waals surface area contributed by atoms with Crippen molar-refractivity contribution in [2.75, 3.05) is 23.8 Å². The van der Waals surface area contributed by atoms with Gasteiger partial charge in [-0.3, -0.25) is 0 Å². The largest absolute Gasteiger partial charge is 0.396 e. The molecule has 0 spiro atoms. The Hall–Kier alpha value is -2.19. The number of fused-ring (bicyclic) bond motifs is 1. The van der Waals surface area contributed by atoms with Crippen LogP contribution in [0.4, 0.5) is 17.5 Å². The second kappa shape index (κ2) is 8.45. The Morgan fingerprint density at radius 3 is 2.68 bits per heavy atom. The van der Waals surface area contributed by atoms with Gasteiger partial charge in [0, 0.05) is 29.4 Å². The number of rotatable bonds is 7. The molecule has 28 heavy (non-hydrogen) atoms. The van der Waals surface area contributed by atoms with Crippen LogP contribution in [0, 0.1) is 5.92 Å². The van der Waals surface area contributed by atoms with Crippen molar-refractivity contribution in [3.05, 3.63) is 35.1 Å². The zero-order valence-electron chi connectivity index (χ0n) is 15.9. The Balaban J connectivity index is 1.71. The van der Waals surface area contributed by atoms with Crippen LogP contribution < -0.4 is 10.6 Å². The molecule has 0 unspecified atom stereocenters. The molecule has 0 radical (unpaired) electrons. The van der Waals surface area contributed by atoms with E-state index < -0.39 is 0 Å². The molecule has 0 aliphatic heterocycles. The Morgan fingerprint density at radius 1 is 1.21 bits per heavy atom. The summed E-state index contributed by atoms with van der Waals surface area (Å²) >= 11 is 3.46. The fourth-order valence-corrected chi connectivity index (χ4v) is 3.80. The van der Waals surface area contributed by atoms with Gasteiger partial charge < -0.3 is 20.3 Å². The van der Waals surface area contributed by atoms with Crippen LogP contribution in [0.3, 0.4) is 0 Å². The monoisotopic (exact) mass is 444 g/mol. The summed E-state index contributed by atoms with van der Waals surface area (Å²) in [5, 5.41) is 15.9. The maximum Gasteiger partial charge on any atom is 0.226 e. The van der Waals surface area contributed by atoms with Gasteiger partial charge in [0.25, 0.3) is 0 Å². The minimum atomic E-state index is 0.124. The Labute approximate surface area is 172 Å². The Kier molecular flexibility index (Phi) is 5.77. The van der Waals surface area contributed by atoms with E-state index >= 15 is 0 Å². The van der Waals surface area contributed by atoms with Gasteiger partial charge in [0.2, 0.25) is 5.95 Å². The molecule has 2 aromatic heterocycles. The van der Waals surface area contributed by atoms with Gasteiger partial charge in [0.1, 0.15) is 0 Å². The number of halogens is 1. The number of anilines is 3. The van der Waals surface area contributed by atoms with Crippen LogP contribution in [0.2, 0.25) is 0 Å². The summed E-state index contributed by atoms with van der Waals surface area (Å²) in [4.78, 5) is 14.0. The molecule has 1 atom stereocenters. The highest BCUT2D eigenvalue weighted by atomic mass is 79.9. The summed E-state index contributed by atoms with van der Waals surface area (Å²) in [6, 6.07) is 8.41. The second-order valence-electron chi connectivity index (χ2n) is 7.46. The number of nitrogens with one attached hydrogen (secondary N) is 2. The first-order valence-corrected chi connectivity index (χ1v) is 10.5. The highest BCUT2D eigenvalue weighted by Crippen LogP contribution is 2.33. The zero-order valence-corrected chi connectivity index (χ0v) is 17.5. The van der Waals surface area contributed by atoms with Gasteiger partial charge in [-0.25, -0.2) is 4.98 Å². The lowest BCUT2D eigenvalue weighted by Crippen LogP contribution is -2.17. The summed E-state index contributed by atoms with van der Waals surface area (Å²) in [6.45, 7) is 2.71. The summed E-state index contributed by atoms with van der Waals surface area (Å²) in [5.74, 6) is 1.36. The van der Waals surface area contributed by atoms with Gasteiger partial charge >= 0.3 is 0 Å². The molecular formula is C20H25BrN6O. The third-order valence-electron chi connectivity index (χ3n) is 5.17. The van der Waals surface area contributed by atoms with Crippen LogP contribution in [-0.2, 0) is 0 Å². The van der Waals surface area contributed by atoms with Crippen LogP contribution in [0.15, 0.2) is 35.1 Å². The predicted molar refractivity (Wildman–Crippen MR) is 115 cm³/mol. The fraction of sp³-hybridized carbons (Fsp3) is 0.450.